The van der Waals surface area contributed by atoms with Crippen LogP contribution in [0, 0.1) is 9.49 Å². The van der Waals surface area contributed by atoms with Crippen LogP contribution in [0.2, 0.25) is 0 Å². The van der Waals surface area contributed by atoms with Crippen molar-refractivity contribution in [3.8, 4) is 5.75 Å². The lowest BCUT2D eigenvalue weighted by Crippen LogP contribution is -2.12. The molecule has 1 aromatic carbocycles. The first-order chi connectivity index (χ1) is 8.66. The molecular formula is C13H16IN3O. The van der Waals surface area contributed by atoms with E-state index >= 15 is 0 Å². The highest BCUT2D eigenvalue weighted by molar-refractivity contribution is 14.1. The first-order valence-electron chi connectivity index (χ1n) is 5.91. The van der Waals surface area contributed by atoms with Crippen LogP contribution >= 0.6 is 22.6 Å². The van der Waals surface area contributed by atoms with Gasteiger partial charge in [-0.25, -0.2) is 9.67 Å². The number of hydrogen-bond acceptors (Lipinski definition) is 3. The highest BCUT2D eigenvalue weighted by Crippen LogP contribution is 2.20. The Morgan fingerprint density at radius 1 is 1.33 bits per heavy atom. The molecule has 5 heteroatoms. The summed E-state index contributed by atoms with van der Waals surface area (Å²) in [6.45, 7) is 5.64. The first-order valence-corrected chi connectivity index (χ1v) is 6.98. The van der Waals surface area contributed by atoms with E-state index in [9.17, 15) is 0 Å². The summed E-state index contributed by atoms with van der Waals surface area (Å²) in [6, 6.07) is 7.95. The van der Waals surface area contributed by atoms with E-state index in [-0.39, 0.29) is 0 Å². The Morgan fingerprint density at radius 3 is 2.83 bits per heavy atom. The molecule has 4 nitrogen and oxygen atoms in total. The Kier molecular flexibility index (Phi) is 4.57. The smallest absolute Gasteiger partial charge is 0.164 e. The molecule has 0 fully saturated rings. The second-order valence-corrected chi connectivity index (χ2v) is 5.63. The molecule has 0 aliphatic carbocycles. The predicted octanol–water partition coefficient (Wildman–Crippen LogP) is 3.12. The van der Waals surface area contributed by atoms with E-state index in [1.54, 1.807) is 6.33 Å². The normalized spacial score (nSPS) is 10.9. The van der Waals surface area contributed by atoms with Crippen LogP contribution in [0.4, 0.5) is 0 Å². The minimum atomic E-state index is 0.451. The summed E-state index contributed by atoms with van der Waals surface area (Å²) in [5, 5.41) is 4.21. The van der Waals surface area contributed by atoms with Crippen molar-refractivity contribution < 1.29 is 4.74 Å². The van der Waals surface area contributed by atoms with Gasteiger partial charge in [-0.05, 0) is 40.6 Å². The monoisotopic (exact) mass is 357 g/mol. The quantitative estimate of drug-likeness (QED) is 0.772. The van der Waals surface area contributed by atoms with Crippen molar-refractivity contribution >= 4 is 22.6 Å². The lowest BCUT2D eigenvalue weighted by molar-refractivity contribution is 0.281. The van der Waals surface area contributed by atoms with Gasteiger partial charge in [-0.3, -0.25) is 0 Å². The summed E-state index contributed by atoms with van der Waals surface area (Å²) >= 11 is 2.26. The van der Waals surface area contributed by atoms with E-state index in [1.165, 1.54) is 0 Å². The third kappa shape index (κ3) is 3.44. The van der Waals surface area contributed by atoms with Gasteiger partial charge in [0.25, 0.3) is 0 Å². The van der Waals surface area contributed by atoms with Gasteiger partial charge in [-0.1, -0.05) is 26.0 Å². The third-order valence-electron chi connectivity index (χ3n) is 2.43. The van der Waals surface area contributed by atoms with Crippen LogP contribution in [0.1, 0.15) is 19.7 Å². The summed E-state index contributed by atoms with van der Waals surface area (Å²) in [7, 11) is 0. The third-order valence-corrected chi connectivity index (χ3v) is 3.32. The van der Waals surface area contributed by atoms with E-state index in [1.807, 2.05) is 28.9 Å². The molecule has 0 saturated carbocycles. The van der Waals surface area contributed by atoms with E-state index in [0.717, 1.165) is 21.7 Å². The average molecular weight is 357 g/mol. The van der Waals surface area contributed by atoms with Crippen molar-refractivity contribution in [1.82, 2.24) is 14.8 Å². The van der Waals surface area contributed by atoms with Gasteiger partial charge >= 0.3 is 0 Å². The lowest BCUT2D eigenvalue weighted by atomic mass is 10.2. The fraction of sp³-hybridized carbons (Fsp3) is 0.385. The maximum Gasteiger partial charge on any atom is 0.164 e. The van der Waals surface area contributed by atoms with Crippen LogP contribution in [0.5, 0.6) is 5.75 Å². The Balaban J connectivity index is 2.02. The van der Waals surface area contributed by atoms with E-state index < -0.39 is 0 Å². The summed E-state index contributed by atoms with van der Waals surface area (Å²) in [5.74, 6) is 2.29. The number of hydrogen-bond donors (Lipinski definition) is 0. The van der Waals surface area contributed by atoms with Gasteiger partial charge in [0.15, 0.2) is 5.82 Å². The van der Waals surface area contributed by atoms with Gasteiger partial charge in [-0.2, -0.15) is 5.10 Å². The first kappa shape index (κ1) is 13.3. The second kappa shape index (κ2) is 6.17. The molecule has 0 bridgehead atoms. The molecule has 0 radical (unpaired) electrons. The van der Waals surface area contributed by atoms with Gasteiger partial charge in [0.1, 0.15) is 18.7 Å². The number of rotatable bonds is 5. The Hall–Kier alpha value is -1.11. The molecule has 0 spiro atoms. The molecule has 2 aromatic rings. The van der Waals surface area contributed by atoms with Crippen molar-refractivity contribution in [2.45, 2.75) is 27.0 Å². The maximum atomic E-state index is 5.77. The molecule has 2 rings (SSSR count). The van der Waals surface area contributed by atoms with Crippen LogP contribution in [0.15, 0.2) is 30.6 Å². The highest BCUT2D eigenvalue weighted by Gasteiger charge is 2.07. The standard InChI is InChI=1S/C13H16IN3O/c1-10(2)7-17-13(15-9-16-17)8-18-12-6-4-3-5-11(12)14/h3-6,9-10H,7-8H2,1-2H3. The van der Waals surface area contributed by atoms with Gasteiger partial charge in [0.05, 0.1) is 3.57 Å². The summed E-state index contributed by atoms with van der Waals surface area (Å²) in [4.78, 5) is 4.24. The van der Waals surface area contributed by atoms with Gasteiger partial charge < -0.3 is 4.74 Å². The molecule has 18 heavy (non-hydrogen) atoms. The zero-order chi connectivity index (χ0) is 13.0. The molecule has 1 heterocycles. The summed E-state index contributed by atoms with van der Waals surface area (Å²) in [5.41, 5.74) is 0. The minimum absolute atomic E-state index is 0.451. The molecule has 0 saturated heterocycles. The van der Waals surface area contributed by atoms with E-state index in [2.05, 4.69) is 46.5 Å². The molecule has 0 amide bonds. The number of halogens is 1. The molecule has 0 atom stereocenters. The molecule has 1 aromatic heterocycles. The average Bonchev–Trinajstić information content (AvgIpc) is 2.75. The molecule has 0 N–H and O–H groups in total. The highest BCUT2D eigenvalue weighted by atomic mass is 127. The van der Waals surface area contributed by atoms with Crippen molar-refractivity contribution in [3.63, 3.8) is 0 Å². The van der Waals surface area contributed by atoms with Crippen LogP contribution in [-0.2, 0) is 13.2 Å². The number of aromatic nitrogens is 3. The van der Waals surface area contributed by atoms with E-state index in [4.69, 9.17) is 4.74 Å². The SMILES string of the molecule is CC(C)Cn1ncnc1COc1ccccc1I. The number of para-hydroxylation sites is 1. The Labute approximate surface area is 121 Å². The molecule has 96 valence electrons. The minimum Gasteiger partial charge on any atom is -0.485 e. The molecule has 0 aliphatic rings. The summed E-state index contributed by atoms with van der Waals surface area (Å²) in [6.07, 6.45) is 1.58. The topological polar surface area (TPSA) is 39.9 Å². The van der Waals surface area contributed by atoms with Crippen LogP contribution in [0.25, 0.3) is 0 Å². The molecule has 0 unspecified atom stereocenters. The predicted molar refractivity (Wildman–Crippen MR) is 78.4 cm³/mol. The second-order valence-electron chi connectivity index (χ2n) is 4.47. The molecule has 0 aliphatic heterocycles. The number of benzene rings is 1. The van der Waals surface area contributed by atoms with Crippen molar-refractivity contribution in [3.05, 3.63) is 40.0 Å². The Morgan fingerprint density at radius 2 is 2.11 bits per heavy atom. The van der Waals surface area contributed by atoms with E-state index in [0.29, 0.717) is 12.5 Å². The van der Waals surface area contributed by atoms with Crippen LogP contribution < -0.4 is 4.74 Å². The van der Waals surface area contributed by atoms with Gasteiger partial charge in [0, 0.05) is 6.54 Å². The zero-order valence-corrected chi connectivity index (χ0v) is 12.7. The van der Waals surface area contributed by atoms with Gasteiger partial charge in [-0.15, -0.1) is 0 Å². The Bertz CT molecular complexity index is 510. The lowest BCUT2D eigenvalue weighted by Gasteiger charge is -2.10. The summed E-state index contributed by atoms with van der Waals surface area (Å²) < 4.78 is 8.78. The zero-order valence-electron chi connectivity index (χ0n) is 10.5. The van der Waals surface area contributed by atoms with Gasteiger partial charge in [0.2, 0.25) is 0 Å². The fourth-order valence-electron chi connectivity index (χ4n) is 1.60. The van der Waals surface area contributed by atoms with Crippen molar-refractivity contribution in [2.24, 2.45) is 5.92 Å². The largest absolute Gasteiger partial charge is 0.485 e. The fourth-order valence-corrected chi connectivity index (χ4v) is 2.15. The number of nitrogens with zero attached hydrogens (tertiary/aromatic N) is 3. The van der Waals surface area contributed by atoms with Crippen LogP contribution in [-0.4, -0.2) is 14.8 Å². The van der Waals surface area contributed by atoms with Crippen LogP contribution in [0.3, 0.4) is 0 Å². The van der Waals surface area contributed by atoms with Crippen molar-refractivity contribution in [1.29, 1.82) is 0 Å². The molecular weight excluding hydrogens is 341 g/mol. The number of ether oxygens (including phenoxy) is 1. The van der Waals surface area contributed by atoms with Crippen molar-refractivity contribution in [2.75, 3.05) is 0 Å². The maximum absolute atomic E-state index is 5.77.